The first-order valence-corrected chi connectivity index (χ1v) is 9.89. The van der Waals surface area contributed by atoms with Gasteiger partial charge in [-0.05, 0) is 38.0 Å². The molecule has 2 aromatic rings. The van der Waals surface area contributed by atoms with E-state index in [-0.39, 0.29) is 17.8 Å². The molecular weight excluding hydrogens is 356 g/mol. The molecule has 2 atom stereocenters. The highest BCUT2D eigenvalue weighted by Gasteiger charge is 2.27. The minimum atomic E-state index is -0.00380. The molecule has 1 fully saturated rings. The van der Waals surface area contributed by atoms with Gasteiger partial charge in [-0.15, -0.1) is 0 Å². The average molecular weight is 384 g/mol. The van der Waals surface area contributed by atoms with Gasteiger partial charge in [-0.25, -0.2) is 4.98 Å². The van der Waals surface area contributed by atoms with Crippen molar-refractivity contribution in [3.8, 4) is 5.75 Å². The molecule has 1 aromatic carbocycles. The fraction of sp³-hybridized carbons (Fsp3) is 0.524. The second-order valence-electron chi connectivity index (χ2n) is 7.79. The second-order valence-corrected chi connectivity index (χ2v) is 7.79. The quantitative estimate of drug-likeness (QED) is 0.869. The van der Waals surface area contributed by atoms with Gasteiger partial charge in [-0.2, -0.15) is 0 Å². The Labute approximate surface area is 165 Å². The van der Waals surface area contributed by atoms with Gasteiger partial charge in [0.1, 0.15) is 5.75 Å². The summed E-state index contributed by atoms with van der Waals surface area (Å²) in [4.78, 5) is 24.9. The molecule has 3 heterocycles. The predicted molar refractivity (Wildman–Crippen MR) is 108 cm³/mol. The number of benzene rings is 1. The van der Waals surface area contributed by atoms with Crippen LogP contribution in [0.15, 0.2) is 29.1 Å². The van der Waals surface area contributed by atoms with Crippen LogP contribution in [-0.4, -0.2) is 53.8 Å². The summed E-state index contributed by atoms with van der Waals surface area (Å²) in [6.07, 6.45) is 0.970. The van der Waals surface area contributed by atoms with Gasteiger partial charge in [0.15, 0.2) is 0 Å². The Hall–Kier alpha value is -2.38. The first kappa shape index (κ1) is 19.0. The van der Waals surface area contributed by atoms with Crippen molar-refractivity contribution in [3.05, 3.63) is 51.4 Å². The molecule has 2 aliphatic heterocycles. The van der Waals surface area contributed by atoms with Gasteiger partial charge in [-0.1, -0.05) is 12.1 Å². The van der Waals surface area contributed by atoms with Crippen LogP contribution in [-0.2, 0) is 24.2 Å². The van der Waals surface area contributed by atoms with Crippen molar-refractivity contribution >= 4 is 5.95 Å². The van der Waals surface area contributed by atoms with Crippen molar-refractivity contribution < 1.29 is 9.47 Å². The summed E-state index contributed by atoms with van der Waals surface area (Å²) >= 11 is 0. The highest BCUT2D eigenvalue weighted by molar-refractivity contribution is 5.35. The van der Waals surface area contributed by atoms with E-state index in [0.717, 1.165) is 49.6 Å². The first-order chi connectivity index (χ1) is 13.5. The number of hydrogen-bond donors (Lipinski definition) is 1. The third kappa shape index (κ3) is 4.05. The SMILES string of the molecule is COc1ccc(CN2CCc3c(nc(N4C[C@H](C)O[C@@H](C)C4)[nH]c3=O)C2)cc1. The molecule has 7 nitrogen and oxygen atoms in total. The lowest BCUT2D eigenvalue weighted by Gasteiger charge is -2.36. The van der Waals surface area contributed by atoms with Crippen LogP contribution in [0.4, 0.5) is 5.95 Å². The lowest BCUT2D eigenvalue weighted by Crippen LogP contribution is -2.47. The van der Waals surface area contributed by atoms with Crippen LogP contribution in [0, 0.1) is 0 Å². The van der Waals surface area contributed by atoms with E-state index in [4.69, 9.17) is 14.5 Å². The molecule has 28 heavy (non-hydrogen) atoms. The van der Waals surface area contributed by atoms with E-state index in [9.17, 15) is 4.79 Å². The number of hydrogen-bond acceptors (Lipinski definition) is 6. The maximum absolute atomic E-state index is 12.6. The average Bonchev–Trinajstić information content (AvgIpc) is 2.67. The van der Waals surface area contributed by atoms with Crippen molar-refractivity contribution in [3.63, 3.8) is 0 Å². The molecule has 4 rings (SSSR count). The Morgan fingerprint density at radius 3 is 2.61 bits per heavy atom. The smallest absolute Gasteiger partial charge is 0.255 e. The third-order valence-corrected chi connectivity index (χ3v) is 5.42. The zero-order valence-electron chi connectivity index (χ0n) is 16.8. The van der Waals surface area contributed by atoms with Crippen molar-refractivity contribution in [1.82, 2.24) is 14.9 Å². The fourth-order valence-electron chi connectivity index (χ4n) is 4.11. The standard InChI is InChI=1S/C21H28N4O3/c1-14-10-25(11-15(2)28-14)21-22-19-13-24(9-8-18(19)20(26)23-21)12-16-4-6-17(27-3)7-5-16/h4-7,14-15H,8-13H2,1-3H3,(H,22,23,26)/t14-,15-/m0/s1. The van der Waals surface area contributed by atoms with Gasteiger partial charge in [0, 0.05) is 38.3 Å². The summed E-state index contributed by atoms with van der Waals surface area (Å²) in [5.74, 6) is 1.52. The van der Waals surface area contributed by atoms with Crippen molar-refractivity contribution in [2.75, 3.05) is 31.6 Å². The number of aromatic amines is 1. The molecule has 0 amide bonds. The van der Waals surface area contributed by atoms with Crippen molar-refractivity contribution in [1.29, 1.82) is 0 Å². The molecule has 0 bridgehead atoms. The number of methoxy groups -OCH3 is 1. The number of morpholine rings is 1. The number of aromatic nitrogens is 2. The molecule has 1 aromatic heterocycles. The van der Waals surface area contributed by atoms with Crippen LogP contribution < -0.4 is 15.2 Å². The summed E-state index contributed by atoms with van der Waals surface area (Å²) in [6, 6.07) is 8.13. The Balaban J connectivity index is 1.52. The van der Waals surface area contributed by atoms with Gasteiger partial charge >= 0.3 is 0 Å². The molecule has 0 radical (unpaired) electrons. The number of H-pyrrole nitrogens is 1. The maximum Gasteiger partial charge on any atom is 0.255 e. The normalized spacial score (nSPS) is 22.8. The Morgan fingerprint density at radius 1 is 1.21 bits per heavy atom. The minimum absolute atomic E-state index is 0.00380. The van der Waals surface area contributed by atoms with Gasteiger partial charge < -0.3 is 14.4 Å². The van der Waals surface area contributed by atoms with Gasteiger partial charge in [0.05, 0.1) is 25.0 Å². The summed E-state index contributed by atoms with van der Waals surface area (Å²) in [7, 11) is 1.67. The van der Waals surface area contributed by atoms with Crippen LogP contribution in [0.2, 0.25) is 0 Å². The molecule has 0 spiro atoms. The van der Waals surface area contributed by atoms with Gasteiger partial charge in [0.25, 0.3) is 5.56 Å². The van der Waals surface area contributed by atoms with Crippen molar-refractivity contribution in [2.24, 2.45) is 0 Å². The Morgan fingerprint density at radius 2 is 1.93 bits per heavy atom. The highest BCUT2D eigenvalue weighted by atomic mass is 16.5. The molecule has 2 aliphatic rings. The van der Waals surface area contributed by atoms with Crippen molar-refractivity contribution in [2.45, 2.75) is 45.6 Å². The molecule has 0 unspecified atom stereocenters. The number of fused-ring (bicyclic) bond motifs is 1. The van der Waals surface area contributed by atoms with Gasteiger partial charge in [0.2, 0.25) is 5.95 Å². The second kappa shape index (κ2) is 7.93. The highest BCUT2D eigenvalue weighted by Crippen LogP contribution is 2.21. The number of nitrogens with zero attached hydrogens (tertiary/aromatic N) is 3. The summed E-state index contributed by atoms with van der Waals surface area (Å²) in [5.41, 5.74) is 2.94. The van der Waals surface area contributed by atoms with E-state index in [2.05, 4.69) is 40.8 Å². The largest absolute Gasteiger partial charge is 0.497 e. The van der Waals surface area contributed by atoms with E-state index < -0.39 is 0 Å². The first-order valence-electron chi connectivity index (χ1n) is 9.89. The number of nitrogens with one attached hydrogen (secondary N) is 1. The molecule has 7 heteroatoms. The lowest BCUT2D eigenvalue weighted by atomic mass is 10.1. The zero-order chi connectivity index (χ0) is 19.7. The minimum Gasteiger partial charge on any atom is -0.497 e. The summed E-state index contributed by atoms with van der Waals surface area (Å²) in [6.45, 7) is 7.95. The van der Waals surface area contributed by atoms with E-state index in [1.54, 1.807) is 7.11 Å². The molecule has 0 saturated carbocycles. The van der Waals surface area contributed by atoms with Crippen LogP contribution >= 0.6 is 0 Å². The van der Waals surface area contributed by atoms with Gasteiger partial charge in [-0.3, -0.25) is 14.7 Å². The topological polar surface area (TPSA) is 70.7 Å². The number of rotatable bonds is 4. The Bertz CT molecular complexity index is 870. The zero-order valence-corrected chi connectivity index (χ0v) is 16.8. The molecule has 150 valence electrons. The monoisotopic (exact) mass is 384 g/mol. The molecule has 0 aliphatic carbocycles. The third-order valence-electron chi connectivity index (χ3n) is 5.42. The Kier molecular flexibility index (Phi) is 5.37. The van der Waals surface area contributed by atoms with E-state index >= 15 is 0 Å². The number of anilines is 1. The summed E-state index contributed by atoms with van der Waals surface area (Å²) in [5, 5.41) is 0. The molecule has 1 N–H and O–H groups in total. The van der Waals surface area contributed by atoms with E-state index in [1.807, 2.05) is 12.1 Å². The van der Waals surface area contributed by atoms with Crippen LogP contribution in [0.5, 0.6) is 5.75 Å². The van der Waals surface area contributed by atoms with E-state index in [0.29, 0.717) is 12.5 Å². The molecular formula is C21H28N4O3. The predicted octanol–water partition coefficient (Wildman–Crippen LogP) is 1.95. The van der Waals surface area contributed by atoms with E-state index in [1.165, 1.54) is 5.56 Å². The van der Waals surface area contributed by atoms with Crippen LogP contribution in [0.25, 0.3) is 0 Å². The summed E-state index contributed by atoms with van der Waals surface area (Å²) < 4.78 is 11.0. The van der Waals surface area contributed by atoms with Crippen LogP contribution in [0.3, 0.4) is 0 Å². The lowest BCUT2D eigenvalue weighted by molar-refractivity contribution is -0.00576. The fourth-order valence-corrected chi connectivity index (χ4v) is 4.11. The maximum atomic E-state index is 12.6. The van der Waals surface area contributed by atoms with Crippen LogP contribution in [0.1, 0.15) is 30.7 Å². The molecule has 1 saturated heterocycles. The number of ether oxygens (including phenoxy) is 2.